The van der Waals surface area contributed by atoms with E-state index < -0.39 is 0 Å². The summed E-state index contributed by atoms with van der Waals surface area (Å²) in [5.41, 5.74) is 0.999. The first-order chi connectivity index (χ1) is 14.2. The fourth-order valence-corrected chi connectivity index (χ4v) is 4.38. The summed E-state index contributed by atoms with van der Waals surface area (Å²) in [6.07, 6.45) is 0. The maximum atomic E-state index is 13.3. The zero-order valence-corrected chi connectivity index (χ0v) is 17.0. The predicted octanol–water partition coefficient (Wildman–Crippen LogP) is 3.29. The second-order valence-corrected chi connectivity index (χ2v) is 7.65. The number of rotatable bonds is 6. The average molecular weight is 410 g/mol. The molecule has 6 nitrogen and oxygen atoms in total. The summed E-state index contributed by atoms with van der Waals surface area (Å²) in [4.78, 5) is 31.3. The van der Waals surface area contributed by atoms with Crippen molar-refractivity contribution < 1.29 is 19.1 Å². The van der Waals surface area contributed by atoms with Crippen LogP contribution in [0.15, 0.2) is 70.1 Å². The average Bonchev–Trinajstić information content (AvgIpc) is 3.00. The molecule has 0 aromatic heterocycles. The fraction of sp³-hybridized carbons (Fsp3) is 0.273. The molecule has 2 aromatic rings. The third-order valence-corrected chi connectivity index (χ3v) is 5.79. The Bertz CT molecular complexity index is 922. The highest BCUT2D eigenvalue weighted by Crippen LogP contribution is 2.39. The van der Waals surface area contributed by atoms with Gasteiger partial charge < -0.3 is 14.4 Å². The smallest absolute Gasteiger partial charge is 0.283 e. The molecular weight excluding hydrogens is 388 g/mol. The molecular formula is C22H22N2O4S. The van der Waals surface area contributed by atoms with E-state index in [-0.39, 0.29) is 11.8 Å². The molecule has 2 aliphatic rings. The van der Waals surface area contributed by atoms with Crippen LogP contribution < -0.4 is 9.64 Å². The summed E-state index contributed by atoms with van der Waals surface area (Å²) >= 11 is 1.33. The third-order valence-electron chi connectivity index (χ3n) is 4.71. The molecule has 150 valence electrons. The monoisotopic (exact) mass is 410 g/mol. The van der Waals surface area contributed by atoms with Gasteiger partial charge in [0.1, 0.15) is 16.4 Å². The third kappa shape index (κ3) is 4.02. The lowest BCUT2D eigenvalue weighted by Crippen LogP contribution is -2.40. The molecule has 2 heterocycles. The quantitative estimate of drug-likeness (QED) is 0.681. The normalized spacial score (nSPS) is 17.3. The lowest BCUT2D eigenvalue weighted by molar-refractivity contribution is -0.121. The highest BCUT2D eigenvalue weighted by Gasteiger charge is 2.42. The summed E-state index contributed by atoms with van der Waals surface area (Å²) in [6.45, 7) is 4.72. The molecule has 2 aliphatic heterocycles. The second-order valence-electron chi connectivity index (χ2n) is 6.56. The first-order valence-corrected chi connectivity index (χ1v) is 10.4. The van der Waals surface area contributed by atoms with Gasteiger partial charge in [0.25, 0.3) is 11.8 Å². The minimum absolute atomic E-state index is 0.292. The Kier molecular flexibility index (Phi) is 5.87. The summed E-state index contributed by atoms with van der Waals surface area (Å²) in [7, 11) is 0. The molecule has 0 bridgehead atoms. The number of benzene rings is 2. The number of ether oxygens (including phenoxy) is 2. The zero-order chi connectivity index (χ0) is 20.2. The van der Waals surface area contributed by atoms with Crippen molar-refractivity contribution in [1.82, 2.24) is 4.90 Å². The van der Waals surface area contributed by atoms with Crippen molar-refractivity contribution in [3.8, 4) is 5.75 Å². The Morgan fingerprint density at radius 2 is 1.66 bits per heavy atom. The number of hydrogen-bond donors (Lipinski definition) is 0. The number of morpholine rings is 1. The largest absolute Gasteiger partial charge is 0.494 e. The van der Waals surface area contributed by atoms with Crippen LogP contribution in [0.25, 0.3) is 0 Å². The maximum Gasteiger partial charge on any atom is 0.283 e. The van der Waals surface area contributed by atoms with Crippen LogP contribution in [-0.2, 0) is 14.3 Å². The van der Waals surface area contributed by atoms with Crippen molar-refractivity contribution in [3.05, 3.63) is 65.2 Å². The Morgan fingerprint density at radius 3 is 2.31 bits per heavy atom. The Balaban J connectivity index is 1.68. The van der Waals surface area contributed by atoms with Crippen LogP contribution in [-0.4, -0.2) is 49.6 Å². The van der Waals surface area contributed by atoms with Crippen molar-refractivity contribution in [1.29, 1.82) is 0 Å². The number of hydrogen-bond acceptors (Lipinski definition) is 6. The van der Waals surface area contributed by atoms with Crippen LogP contribution in [0.1, 0.15) is 6.92 Å². The topological polar surface area (TPSA) is 59.1 Å². The first-order valence-electron chi connectivity index (χ1n) is 9.60. The van der Waals surface area contributed by atoms with E-state index in [9.17, 15) is 9.59 Å². The van der Waals surface area contributed by atoms with Gasteiger partial charge in [0.15, 0.2) is 0 Å². The number of nitrogens with zero attached hydrogens (tertiary/aromatic N) is 2. The van der Waals surface area contributed by atoms with Gasteiger partial charge in [0.05, 0.1) is 25.5 Å². The lowest BCUT2D eigenvalue weighted by Gasteiger charge is -2.29. The summed E-state index contributed by atoms with van der Waals surface area (Å²) < 4.78 is 10.9. The van der Waals surface area contributed by atoms with Crippen molar-refractivity contribution in [3.63, 3.8) is 0 Å². The highest BCUT2D eigenvalue weighted by atomic mass is 32.2. The predicted molar refractivity (Wildman–Crippen MR) is 112 cm³/mol. The molecule has 2 amide bonds. The Labute approximate surface area is 174 Å². The molecule has 0 saturated carbocycles. The zero-order valence-electron chi connectivity index (χ0n) is 16.2. The van der Waals surface area contributed by atoms with Crippen LogP contribution >= 0.6 is 11.8 Å². The van der Waals surface area contributed by atoms with E-state index in [1.807, 2.05) is 42.2 Å². The van der Waals surface area contributed by atoms with Crippen LogP contribution in [0.5, 0.6) is 5.75 Å². The van der Waals surface area contributed by atoms with E-state index in [2.05, 4.69) is 0 Å². The molecule has 1 fully saturated rings. The molecule has 0 aliphatic carbocycles. The molecule has 1 saturated heterocycles. The molecule has 0 spiro atoms. The minimum Gasteiger partial charge on any atom is -0.494 e. The summed E-state index contributed by atoms with van der Waals surface area (Å²) in [5, 5.41) is 0. The van der Waals surface area contributed by atoms with Crippen LogP contribution in [0.4, 0.5) is 5.69 Å². The van der Waals surface area contributed by atoms with Crippen LogP contribution in [0.2, 0.25) is 0 Å². The van der Waals surface area contributed by atoms with Crippen molar-refractivity contribution in [2.45, 2.75) is 11.8 Å². The fourth-order valence-electron chi connectivity index (χ4n) is 3.35. The van der Waals surface area contributed by atoms with Gasteiger partial charge in [0, 0.05) is 18.0 Å². The number of carbonyl (C=O) groups excluding carboxylic acids is 2. The van der Waals surface area contributed by atoms with Gasteiger partial charge in [-0.25, -0.2) is 4.90 Å². The van der Waals surface area contributed by atoms with Crippen LogP contribution in [0, 0.1) is 0 Å². The maximum absolute atomic E-state index is 13.3. The van der Waals surface area contributed by atoms with Gasteiger partial charge in [-0.2, -0.15) is 0 Å². The molecule has 0 N–H and O–H groups in total. The standard InChI is InChI=1S/C22H22N2O4S/c1-2-28-17-10-8-16(9-11-17)24-21(25)19(23-12-14-27-15-13-23)20(22(24)26)29-18-6-4-3-5-7-18/h3-11H,2,12-15H2,1H3. The number of carbonyl (C=O) groups is 2. The lowest BCUT2D eigenvalue weighted by atomic mass is 10.2. The number of anilines is 1. The minimum atomic E-state index is -0.297. The van der Waals surface area contributed by atoms with E-state index in [4.69, 9.17) is 9.47 Å². The molecule has 0 unspecified atom stereocenters. The van der Waals surface area contributed by atoms with Gasteiger partial charge in [-0.15, -0.1) is 0 Å². The Hall–Kier alpha value is -2.77. The molecule has 0 radical (unpaired) electrons. The first kappa shape index (κ1) is 19.5. The number of imide groups is 1. The number of thioether (sulfide) groups is 1. The van der Waals surface area contributed by atoms with Crippen molar-refractivity contribution >= 4 is 29.3 Å². The molecule has 7 heteroatoms. The summed E-state index contributed by atoms with van der Waals surface area (Å²) in [6, 6.07) is 16.7. The van der Waals surface area contributed by atoms with Crippen LogP contribution in [0.3, 0.4) is 0 Å². The van der Waals surface area contributed by atoms with E-state index in [1.165, 1.54) is 16.7 Å². The van der Waals surface area contributed by atoms with E-state index in [0.29, 0.717) is 54.9 Å². The van der Waals surface area contributed by atoms with Gasteiger partial charge in [-0.3, -0.25) is 9.59 Å². The Morgan fingerprint density at radius 1 is 0.966 bits per heavy atom. The highest BCUT2D eigenvalue weighted by molar-refractivity contribution is 8.04. The van der Waals surface area contributed by atoms with Crippen molar-refractivity contribution in [2.24, 2.45) is 0 Å². The summed E-state index contributed by atoms with van der Waals surface area (Å²) in [5.74, 6) is 0.115. The van der Waals surface area contributed by atoms with E-state index >= 15 is 0 Å². The SMILES string of the molecule is CCOc1ccc(N2C(=O)C(Sc3ccccc3)=C(N3CCOCC3)C2=O)cc1. The molecule has 29 heavy (non-hydrogen) atoms. The molecule has 4 rings (SSSR count). The van der Waals surface area contributed by atoms with Gasteiger partial charge in [0.2, 0.25) is 0 Å². The van der Waals surface area contributed by atoms with Gasteiger partial charge in [-0.05, 0) is 43.3 Å². The molecule has 2 aromatic carbocycles. The molecule has 0 atom stereocenters. The van der Waals surface area contributed by atoms with Crippen molar-refractivity contribution in [2.75, 3.05) is 37.8 Å². The second kappa shape index (κ2) is 8.71. The van der Waals surface area contributed by atoms with Gasteiger partial charge in [-0.1, -0.05) is 30.0 Å². The van der Waals surface area contributed by atoms with Gasteiger partial charge >= 0.3 is 0 Å². The number of amides is 2. The van der Waals surface area contributed by atoms with E-state index in [1.54, 1.807) is 24.3 Å². The van der Waals surface area contributed by atoms with E-state index in [0.717, 1.165) is 4.90 Å².